The molecule has 0 radical (unpaired) electrons. The van der Waals surface area contributed by atoms with Gasteiger partial charge in [-0.25, -0.2) is 9.18 Å². The minimum atomic E-state index is -1.10. The molecular formula is C9H8FNO3. The second kappa shape index (κ2) is 3.87. The van der Waals surface area contributed by atoms with Gasteiger partial charge in [-0.05, 0) is 25.1 Å². The second-order valence-corrected chi connectivity index (χ2v) is 2.62. The van der Waals surface area contributed by atoms with Crippen molar-refractivity contribution in [3.05, 3.63) is 29.6 Å². The lowest BCUT2D eigenvalue weighted by Crippen LogP contribution is -2.17. The van der Waals surface area contributed by atoms with Gasteiger partial charge in [-0.15, -0.1) is 0 Å². The quantitative estimate of drug-likeness (QED) is 0.730. The van der Waals surface area contributed by atoms with Gasteiger partial charge in [0.05, 0.1) is 0 Å². The lowest BCUT2D eigenvalue weighted by Gasteiger charge is -2.02. The average Bonchev–Trinajstić information content (AvgIpc) is 2.07. The summed E-state index contributed by atoms with van der Waals surface area (Å²) in [6.45, 7) is 1.31. The molecule has 0 aliphatic carbocycles. The van der Waals surface area contributed by atoms with E-state index in [1.807, 2.05) is 0 Å². The van der Waals surface area contributed by atoms with Crippen LogP contribution in [-0.2, 0) is 0 Å². The van der Waals surface area contributed by atoms with Gasteiger partial charge in [0.2, 0.25) is 0 Å². The summed E-state index contributed by atoms with van der Waals surface area (Å²) in [4.78, 5) is 21.1. The number of carbonyl (C=O) groups excluding carboxylic acids is 2. The molecule has 0 saturated carbocycles. The van der Waals surface area contributed by atoms with Crippen LogP contribution in [-0.4, -0.2) is 11.9 Å². The molecule has 1 rings (SSSR count). The third kappa shape index (κ3) is 2.29. The highest BCUT2D eigenvalue weighted by Crippen LogP contribution is 2.18. The monoisotopic (exact) mass is 197 g/mol. The molecule has 1 amide bonds. The van der Waals surface area contributed by atoms with E-state index in [-0.39, 0.29) is 17.1 Å². The molecule has 0 atom stereocenters. The molecule has 0 unspecified atom stereocenters. The van der Waals surface area contributed by atoms with Crippen LogP contribution in [0.25, 0.3) is 0 Å². The highest BCUT2D eigenvalue weighted by molar-refractivity contribution is 5.94. The van der Waals surface area contributed by atoms with E-state index in [0.717, 1.165) is 6.07 Å². The molecule has 0 aromatic heterocycles. The Morgan fingerprint density at radius 1 is 1.43 bits per heavy atom. The van der Waals surface area contributed by atoms with Crippen LogP contribution in [0.2, 0.25) is 0 Å². The number of rotatable bonds is 2. The first-order valence-corrected chi connectivity index (χ1v) is 3.78. The summed E-state index contributed by atoms with van der Waals surface area (Å²) in [6.07, 6.45) is -1.10. The standard InChI is InChI=1S/C9H8FNO3/c1-5(12)6-2-3-8(7(10)4-6)14-9(11)13/h2-4H,1H3,(H2,11,13). The van der Waals surface area contributed by atoms with Crippen molar-refractivity contribution in [3.8, 4) is 5.75 Å². The Balaban J connectivity index is 3.01. The van der Waals surface area contributed by atoms with E-state index in [2.05, 4.69) is 4.74 Å². The van der Waals surface area contributed by atoms with E-state index >= 15 is 0 Å². The molecular weight excluding hydrogens is 189 g/mol. The van der Waals surface area contributed by atoms with Crippen LogP contribution in [0.5, 0.6) is 5.75 Å². The number of ether oxygens (including phenoxy) is 1. The average molecular weight is 197 g/mol. The van der Waals surface area contributed by atoms with E-state index in [9.17, 15) is 14.0 Å². The number of nitrogens with two attached hydrogens (primary N) is 1. The number of benzene rings is 1. The molecule has 1 aromatic rings. The van der Waals surface area contributed by atoms with Gasteiger partial charge < -0.3 is 10.5 Å². The van der Waals surface area contributed by atoms with Crippen molar-refractivity contribution in [1.82, 2.24) is 0 Å². The summed E-state index contributed by atoms with van der Waals surface area (Å²) in [5.74, 6) is -1.35. The maximum absolute atomic E-state index is 13.1. The highest BCUT2D eigenvalue weighted by Gasteiger charge is 2.09. The second-order valence-electron chi connectivity index (χ2n) is 2.62. The fraction of sp³-hybridized carbons (Fsp3) is 0.111. The number of Topliss-reactive ketones (excluding diaryl/α,β-unsaturated/α-hetero) is 1. The zero-order chi connectivity index (χ0) is 10.7. The molecule has 0 fully saturated rings. The topological polar surface area (TPSA) is 69.4 Å². The summed E-state index contributed by atoms with van der Waals surface area (Å²) in [7, 11) is 0. The number of hydrogen-bond donors (Lipinski definition) is 1. The number of halogens is 1. The third-order valence-corrected chi connectivity index (χ3v) is 1.55. The zero-order valence-corrected chi connectivity index (χ0v) is 7.41. The minimum Gasteiger partial charge on any atom is -0.407 e. The third-order valence-electron chi connectivity index (χ3n) is 1.55. The maximum Gasteiger partial charge on any atom is 0.410 e. The highest BCUT2D eigenvalue weighted by atomic mass is 19.1. The molecule has 5 heteroatoms. The summed E-state index contributed by atoms with van der Waals surface area (Å²) >= 11 is 0. The molecule has 0 spiro atoms. The van der Waals surface area contributed by atoms with Gasteiger partial charge >= 0.3 is 6.09 Å². The van der Waals surface area contributed by atoms with Crippen LogP contribution in [0.3, 0.4) is 0 Å². The zero-order valence-electron chi connectivity index (χ0n) is 7.41. The van der Waals surface area contributed by atoms with Crippen LogP contribution in [0.15, 0.2) is 18.2 Å². The van der Waals surface area contributed by atoms with Crippen molar-refractivity contribution in [1.29, 1.82) is 0 Å². The molecule has 0 saturated heterocycles. The number of hydrogen-bond acceptors (Lipinski definition) is 3. The predicted molar refractivity (Wildman–Crippen MR) is 46.6 cm³/mol. The lowest BCUT2D eigenvalue weighted by molar-refractivity contribution is 0.101. The van der Waals surface area contributed by atoms with E-state index in [4.69, 9.17) is 5.73 Å². The molecule has 74 valence electrons. The predicted octanol–water partition coefficient (Wildman–Crippen LogP) is 1.49. The van der Waals surface area contributed by atoms with Crippen molar-refractivity contribution in [2.75, 3.05) is 0 Å². The first kappa shape index (κ1) is 10.2. The fourth-order valence-corrected chi connectivity index (χ4v) is 0.911. The number of carbonyl (C=O) groups is 2. The summed E-state index contributed by atoms with van der Waals surface area (Å²) in [5.41, 5.74) is 4.90. The van der Waals surface area contributed by atoms with E-state index in [1.54, 1.807) is 0 Å². The number of primary amides is 1. The summed E-state index contributed by atoms with van der Waals surface area (Å²) in [5, 5.41) is 0. The molecule has 14 heavy (non-hydrogen) atoms. The van der Waals surface area contributed by atoms with Gasteiger partial charge in [-0.1, -0.05) is 0 Å². The SMILES string of the molecule is CC(=O)c1ccc(OC(N)=O)c(F)c1. The van der Waals surface area contributed by atoms with Gasteiger partial charge in [-0.2, -0.15) is 0 Å². The van der Waals surface area contributed by atoms with Gasteiger partial charge in [-0.3, -0.25) is 4.79 Å². The first-order valence-electron chi connectivity index (χ1n) is 3.78. The van der Waals surface area contributed by atoms with Gasteiger partial charge in [0.1, 0.15) is 0 Å². The summed E-state index contributed by atoms with van der Waals surface area (Å²) < 4.78 is 17.4. The van der Waals surface area contributed by atoms with Crippen molar-refractivity contribution < 1.29 is 18.7 Å². The molecule has 2 N–H and O–H groups in total. The van der Waals surface area contributed by atoms with Crippen LogP contribution in [0, 0.1) is 5.82 Å². The number of amides is 1. The van der Waals surface area contributed by atoms with E-state index < -0.39 is 11.9 Å². The van der Waals surface area contributed by atoms with Gasteiger partial charge in [0, 0.05) is 5.56 Å². The molecule has 0 aliphatic heterocycles. The minimum absolute atomic E-state index is 0.208. The van der Waals surface area contributed by atoms with Crippen molar-refractivity contribution in [3.63, 3.8) is 0 Å². The first-order chi connectivity index (χ1) is 6.50. The Morgan fingerprint density at radius 2 is 2.07 bits per heavy atom. The van der Waals surface area contributed by atoms with Crippen LogP contribution in [0.4, 0.5) is 9.18 Å². The largest absolute Gasteiger partial charge is 0.410 e. The summed E-state index contributed by atoms with van der Waals surface area (Å²) in [6, 6.07) is 3.52. The van der Waals surface area contributed by atoms with Crippen LogP contribution >= 0.6 is 0 Å². The van der Waals surface area contributed by atoms with Crippen molar-refractivity contribution in [2.45, 2.75) is 6.92 Å². The van der Waals surface area contributed by atoms with Gasteiger partial charge in [0.25, 0.3) is 0 Å². The Kier molecular flexibility index (Phi) is 2.81. The Labute approximate surface area is 79.5 Å². The Hall–Kier alpha value is -1.91. The molecule has 1 aromatic carbocycles. The van der Waals surface area contributed by atoms with E-state index in [1.165, 1.54) is 19.1 Å². The van der Waals surface area contributed by atoms with Crippen LogP contribution < -0.4 is 10.5 Å². The normalized spacial score (nSPS) is 9.57. The van der Waals surface area contributed by atoms with Crippen molar-refractivity contribution >= 4 is 11.9 Å². The smallest absolute Gasteiger partial charge is 0.407 e. The molecule has 0 bridgehead atoms. The van der Waals surface area contributed by atoms with Gasteiger partial charge in [0.15, 0.2) is 17.3 Å². The van der Waals surface area contributed by atoms with Crippen LogP contribution in [0.1, 0.15) is 17.3 Å². The molecule has 4 nitrogen and oxygen atoms in total. The fourth-order valence-electron chi connectivity index (χ4n) is 0.911. The molecule has 0 heterocycles. The maximum atomic E-state index is 13.1. The van der Waals surface area contributed by atoms with E-state index in [0.29, 0.717) is 0 Å². The Bertz CT molecular complexity index is 390. The lowest BCUT2D eigenvalue weighted by atomic mass is 10.1. The Morgan fingerprint density at radius 3 is 2.50 bits per heavy atom. The molecule has 0 aliphatic rings. The van der Waals surface area contributed by atoms with Crippen molar-refractivity contribution in [2.24, 2.45) is 5.73 Å². The number of ketones is 1.